The number of amides is 1. The Balaban J connectivity index is 0.00000180. The summed E-state index contributed by atoms with van der Waals surface area (Å²) >= 11 is 0. The van der Waals surface area contributed by atoms with E-state index >= 15 is 0 Å². The van der Waals surface area contributed by atoms with Crippen LogP contribution in [0.15, 0.2) is 18.3 Å². The first kappa shape index (κ1) is 15.7. The van der Waals surface area contributed by atoms with Gasteiger partial charge in [0.15, 0.2) is 0 Å². The Morgan fingerprint density at radius 3 is 3.05 bits per heavy atom. The first-order chi connectivity index (χ1) is 8.72. The fourth-order valence-corrected chi connectivity index (χ4v) is 1.96. The molecule has 1 unspecified atom stereocenters. The lowest BCUT2D eigenvalue weighted by atomic mass is 10.3. The van der Waals surface area contributed by atoms with Gasteiger partial charge in [0, 0.05) is 18.7 Å². The van der Waals surface area contributed by atoms with Gasteiger partial charge in [-0.2, -0.15) is 5.10 Å². The van der Waals surface area contributed by atoms with Gasteiger partial charge in [0.05, 0.1) is 6.20 Å². The second-order valence-corrected chi connectivity index (χ2v) is 4.56. The van der Waals surface area contributed by atoms with Crippen molar-refractivity contribution in [3.05, 3.63) is 23.9 Å². The lowest BCUT2D eigenvalue weighted by molar-refractivity contribution is -0.117. The summed E-state index contributed by atoms with van der Waals surface area (Å²) < 4.78 is 1.87. The van der Waals surface area contributed by atoms with E-state index in [4.69, 9.17) is 0 Å². The van der Waals surface area contributed by atoms with E-state index in [0.29, 0.717) is 0 Å². The second-order valence-electron chi connectivity index (χ2n) is 4.56. The van der Waals surface area contributed by atoms with Crippen molar-refractivity contribution in [2.75, 3.05) is 11.9 Å². The number of aromatic nitrogens is 2. The summed E-state index contributed by atoms with van der Waals surface area (Å²) in [6.45, 7) is 5.70. The summed E-state index contributed by atoms with van der Waals surface area (Å²) in [5.41, 5.74) is 1.00. The van der Waals surface area contributed by atoms with Gasteiger partial charge in [-0.25, -0.2) is 4.68 Å². The number of halogens is 1. The van der Waals surface area contributed by atoms with E-state index in [0.717, 1.165) is 37.3 Å². The summed E-state index contributed by atoms with van der Waals surface area (Å²) in [5.74, 6) is 0.792. The largest absolute Gasteiger partial charge is 0.309 e. The van der Waals surface area contributed by atoms with E-state index in [9.17, 15) is 4.79 Å². The quantitative estimate of drug-likeness (QED) is 0.812. The summed E-state index contributed by atoms with van der Waals surface area (Å²) in [5, 5.41) is 10.4. The average molecular weight is 285 g/mol. The number of carbonyl (C=O) groups is 1. The molecule has 1 atom stereocenters. The predicted octanol–water partition coefficient (Wildman–Crippen LogP) is 1.88. The molecule has 2 rings (SSSR count). The summed E-state index contributed by atoms with van der Waals surface area (Å²) in [7, 11) is 0. The molecular weight excluding hydrogens is 264 g/mol. The molecule has 0 bridgehead atoms. The molecular formula is C13H21ClN4O. The van der Waals surface area contributed by atoms with Gasteiger partial charge >= 0.3 is 0 Å². The Labute approximate surface area is 119 Å². The molecule has 1 aromatic rings. The van der Waals surface area contributed by atoms with Gasteiger partial charge in [-0.3, -0.25) is 10.1 Å². The summed E-state index contributed by atoms with van der Waals surface area (Å²) in [6, 6.07) is -0.223. The first-order valence-electron chi connectivity index (χ1n) is 6.45. The van der Waals surface area contributed by atoms with Crippen LogP contribution in [-0.4, -0.2) is 28.3 Å². The van der Waals surface area contributed by atoms with Gasteiger partial charge in [-0.05, 0) is 13.3 Å². The molecule has 2 N–H and O–H groups in total. The van der Waals surface area contributed by atoms with Crippen molar-refractivity contribution >= 4 is 24.1 Å². The van der Waals surface area contributed by atoms with E-state index < -0.39 is 0 Å². The lowest BCUT2D eigenvalue weighted by Crippen LogP contribution is -2.36. The monoisotopic (exact) mass is 284 g/mol. The van der Waals surface area contributed by atoms with Crippen LogP contribution < -0.4 is 10.6 Å². The number of hydrogen-bond donors (Lipinski definition) is 2. The molecule has 1 aromatic heterocycles. The number of nitrogens with zero attached hydrogens (tertiary/aromatic N) is 2. The van der Waals surface area contributed by atoms with Gasteiger partial charge < -0.3 is 5.32 Å². The van der Waals surface area contributed by atoms with E-state index in [1.54, 1.807) is 6.20 Å². The van der Waals surface area contributed by atoms with Gasteiger partial charge in [0.2, 0.25) is 5.91 Å². The molecule has 0 saturated heterocycles. The maximum absolute atomic E-state index is 12.0. The Bertz CT molecular complexity index is 455. The highest BCUT2D eigenvalue weighted by molar-refractivity contribution is 5.96. The fourth-order valence-electron chi connectivity index (χ4n) is 1.96. The number of unbranched alkanes of at least 4 members (excludes halogenated alkanes) is 1. The zero-order valence-corrected chi connectivity index (χ0v) is 12.2. The van der Waals surface area contributed by atoms with Crippen LogP contribution in [-0.2, 0) is 11.3 Å². The number of carbonyl (C=O) groups excluding carboxylic acids is 1. The molecule has 106 valence electrons. The number of hydrogen-bond acceptors (Lipinski definition) is 3. The number of rotatable bonds is 5. The minimum Gasteiger partial charge on any atom is -0.309 e. The predicted molar refractivity (Wildman–Crippen MR) is 78.7 cm³/mol. The Morgan fingerprint density at radius 1 is 1.63 bits per heavy atom. The molecule has 19 heavy (non-hydrogen) atoms. The molecule has 1 aliphatic rings. The molecule has 0 fully saturated rings. The first-order valence-corrected chi connectivity index (χ1v) is 6.45. The molecule has 1 amide bonds. The maximum atomic E-state index is 12.0. The molecule has 0 radical (unpaired) electrons. The van der Waals surface area contributed by atoms with Crippen LogP contribution in [0.5, 0.6) is 0 Å². The average Bonchev–Trinajstić information content (AvgIpc) is 2.99. The second kappa shape index (κ2) is 7.31. The molecule has 5 nitrogen and oxygen atoms in total. The molecule has 2 heterocycles. The standard InChI is InChI=1S/C13H20N4O.ClH/c1-3-4-8-17-12(10(2)9-15-17)16-13(18)11-6-5-7-14-11;/h5-6,9,11,14H,3-4,7-8H2,1-2H3,(H,16,18);1H. The minimum absolute atomic E-state index is 0. The highest BCUT2D eigenvalue weighted by Crippen LogP contribution is 2.15. The number of aryl methyl sites for hydroxylation is 2. The molecule has 0 aliphatic carbocycles. The normalized spacial score (nSPS) is 17.3. The highest BCUT2D eigenvalue weighted by atomic mass is 35.5. The third-order valence-electron chi connectivity index (χ3n) is 3.05. The van der Waals surface area contributed by atoms with Crippen molar-refractivity contribution in [2.45, 2.75) is 39.3 Å². The van der Waals surface area contributed by atoms with Crippen LogP contribution in [0, 0.1) is 6.92 Å². The van der Waals surface area contributed by atoms with Crippen molar-refractivity contribution in [1.82, 2.24) is 15.1 Å². The Kier molecular flexibility index (Phi) is 6.05. The van der Waals surface area contributed by atoms with Gasteiger partial charge in [-0.1, -0.05) is 25.5 Å². The molecule has 6 heteroatoms. The van der Waals surface area contributed by atoms with Crippen LogP contribution >= 0.6 is 12.4 Å². The van der Waals surface area contributed by atoms with Crippen LogP contribution in [0.25, 0.3) is 0 Å². The maximum Gasteiger partial charge on any atom is 0.246 e. The molecule has 1 aliphatic heterocycles. The number of nitrogens with one attached hydrogen (secondary N) is 2. The van der Waals surface area contributed by atoms with Crippen molar-refractivity contribution in [3.63, 3.8) is 0 Å². The van der Waals surface area contributed by atoms with Crippen LogP contribution in [0.4, 0.5) is 5.82 Å². The third-order valence-corrected chi connectivity index (χ3v) is 3.05. The zero-order valence-electron chi connectivity index (χ0n) is 11.3. The van der Waals surface area contributed by atoms with Gasteiger partial charge in [0.1, 0.15) is 11.9 Å². The van der Waals surface area contributed by atoms with E-state index in [1.807, 2.05) is 23.8 Å². The minimum atomic E-state index is -0.223. The van der Waals surface area contributed by atoms with Crippen LogP contribution in [0.3, 0.4) is 0 Å². The SMILES string of the molecule is CCCCn1ncc(C)c1NC(=O)C1C=CCN1.Cl. The van der Waals surface area contributed by atoms with E-state index in [2.05, 4.69) is 22.7 Å². The van der Waals surface area contributed by atoms with E-state index in [1.165, 1.54) is 0 Å². The third kappa shape index (κ3) is 3.81. The summed E-state index contributed by atoms with van der Waals surface area (Å²) in [6.07, 6.45) is 7.82. The highest BCUT2D eigenvalue weighted by Gasteiger charge is 2.19. The molecule has 0 spiro atoms. The van der Waals surface area contributed by atoms with Crippen LogP contribution in [0.1, 0.15) is 25.3 Å². The van der Waals surface area contributed by atoms with Crippen molar-refractivity contribution in [1.29, 1.82) is 0 Å². The van der Waals surface area contributed by atoms with Gasteiger partial charge in [0.25, 0.3) is 0 Å². The van der Waals surface area contributed by atoms with E-state index in [-0.39, 0.29) is 24.4 Å². The molecule has 0 saturated carbocycles. The smallest absolute Gasteiger partial charge is 0.246 e. The van der Waals surface area contributed by atoms with Crippen molar-refractivity contribution in [2.24, 2.45) is 0 Å². The number of anilines is 1. The topological polar surface area (TPSA) is 59.0 Å². The zero-order chi connectivity index (χ0) is 13.0. The molecule has 0 aromatic carbocycles. The Hall–Kier alpha value is -1.33. The van der Waals surface area contributed by atoms with Crippen molar-refractivity contribution < 1.29 is 4.79 Å². The summed E-state index contributed by atoms with van der Waals surface area (Å²) in [4.78, 5) is 12.0. The fraction of sp³-hybridized carbons (Fsp3) is 0.538. The van der Waals surface area contributed by atoms with Gasteiger partial charge in [-0.15, -0.1) is 12.4 Å². The van der Waals surface area contributed by atoms with Crippen molar-refractivity contribution in [3.8, 4) is 0 Å². The van der Waals surface area contributed by atoms with Crippen LogP contribution in [0.2, 0.25) is 0 Å². The Morgan fingerprint density at radius 2 is 2.42 bits per heavy atom. The lowest BCUT2D eigenvalue weighted by Gasteiger charge is -2.13.